The Bertz CT molecular complexity index is 603. The predicted molar refractivity (Wildman–Crippen MR) is 85.2 cm³/mol. The van der Waals surface area contributed by atoms with Crippen molar-refractivity contribution in [3.05, 3.63) is 64.9 Å². The van der Waals surface area contributed by atoms with Crippen molar-refractivity contribution in [1.82, 2.24) is 4.90 Å². The van der Waals surface area contributed by atoms with E-state index in [1.54, 1.807) is 6.07 Å². The number of halogens is 2. The second-order valence-electron chi connectivity index (χ2n) is 5.48. The molecule has 1 aliphatic rings. The summed E-state index contributed by atoms with van der Waals surface area (Å²) in [5.74, 6) is -0.374. The smallest absolute Gasteiger partial charge is 0.143 e. The highest BCUT2D eigenvalue weighted by atomic mass is 35.5. The average Bonchev–Trinajstić information content (AvgIpc) is 2.91. The molecule has 2 nitrogen and oxygen atoms in total. The molecule has 0 saturated carbocycles. The molecule has 1 fully saturated rings. The molecule has 0 amide bonds. The highest BCUT2D eigenvalue weighted by Gasteiger charge is 2.22. The molecule has 21 heavy (non-hydrogen) atoms. The van der Waals surface area contributed by atoms with Gasteiger partial charge < -0.3 is 5.32 Å². The zero-order chi connectivity index (χ0) is 14.7. The molecule has 1 saturated heterocycles. The van der Waals surface area contributed by atoms with Gasteiger partial charge in [-0.25, -0.2) is 4.39 Å². The number of anilines is 1. The molecule has 1 N–H and O–H groups in total. The Morgan fingerprint density at radius 2 is 2.00 bits per heavy atom. The van der Waals surface area contributed by atoms with Crippen molar-refractivity contribution in [2.24, 2.45) is 0 Å². The summed E-state index contributed by atoms with van der Waals surface area (Å²) in [5, 5.41) is 3.55. The van der Waals surface area contributed by atoms with Gasteiger partial charge in [0.15, 0.2) is 0 Å². The molecule has 0 bridgehead atoms. The van der Waals surface area contributed by atoms with Gasteiger partial charge in [-0.05, 0) is 30.2 Å². The third kappa shape index (κ3) is 3.74. The molecular weight excluding hydrogens is 287 g/mol. The highest BCUT2D eigenvalue weighted by Crippen LogP contribution is 2.22. The maximum atomic E-state index is 13.4. The first kappa shape index (κ1) is 14.4. The van der Waals surface area contributed by atoms with Gasteiger partial charge in [0.1, 0.15) is 5.82 Å². The van der Waals surface area contributed by atoms with Crippen LogP contribution in [-0.4, -0.2) is 24.0 Å². The molecule has 1 atom stereocenters. The third-order valence-electron chi connectivity index (χ3n) is 3.81. The van der Waals surface area contributed by atoms with Crippen LogP contribution >= 0.6 is 11.6 Å². The second kappa shape index (κ2) is 6.46. The lowest BCUT2D eigenvalue weighted by molar-refractivity contribution is 0.328. The van der Waals surface area contributed by atoms with Crippen LogP contribution in [0.5, 0.6) is 0 Å². The molecule has 0 aliphatic carbocycles. The monoisotopic (exact) mass is 304 g/mol. The van der Waals surface area contributed by atoms with Gasteiger partial charge in [-0.3, -0.25) is 4.90 Å². The first-order valence-corrected chi connectivity index (χ1v) is 7.56. The van der Waals surface area contributed by atoms with Crippen LogP contribution in [0.4, 0.5) is 10.1 Å². The van der Waals surface area contributed by atoms with Crippen LogP contribution in [-0.2, 0) is 6.54 Å². The van der Waals surface area contributed by atoms with Crippen molar-refractivity contribution >= 4 is 17.3 Å². The summed E-state index contributed by atoms with van der Waals surface area (Å²) in [5.41, 5.74) is 2.12. The van der Waals surface area contributed by atoms with Gasteiger partial charge in [0.25, 0.3) is 0 Å². The van der Waals surface area contributed by atoms with Gasteiger partial charge in [-0.15, -0.1) is 0 Å². The number of hydrogen-bond acceptors (Lipinski definition) is 2. The summed E-state index contributed by atoms with van der Waals surface area (Å²) in [6.45, 7) is 3.00. The first-order chi connectivity index (χ1) is 10.2. The van der Waals surface area contributed by atoms with Crippen LogP contribution in [0.25, 0.3) is 0 Å². The lowest BCUT2D eigenvalue weighted by atomic mass is 10.2. The quantitative estimate of drug-likeness (QED) is 0.912. The zero-order valence-electron chi connectivity index (χ0n) is 11.7. The van der Waals surface area contributed by atoms with E-state index in [0.29, 0.717) is 6.04 Å². The van der Waals surface area contributed by atoms with Crippen molar-refractivity contribution in [3.8, 4) is 0 Å². The van der Waals surface area contributed by atoms with E-state index in [2.05, 4.69) is 34.5 Å². The molecular formula is C17H18ClFN2. The minimum atomic E-state index is -0.374. The van der Waals surface area contributed by atoms with Gasteiger partial charge in [0, 0.05) is 31.4 Å². The van der Waals surface area contributed by atoms with E-state index in [0.717, 1.165) is 31.7 Å². The summed E-state index contributed by atoms with van der Waals surface area (Å²) in [6, 6.07) is 15.7. The fourth-order valence-electron chi connectivity index (χ4n) is 2.76. The van der Waals surface area contributed by atoms with Crippen molar-refractivity contribution in [2.75, 3.05) is 18.4 Å². The zero-order valence-corrected chi connectivity index (χ0v) is 12.5. The van der Waals surface area contributed by atoms with E-state index in [9.17, 15) is 4.39 Å². The van der Waals surface area contributed by atoms with Gasteiger partial charge in [-0.2, -0.15) is 0 Å². The topological polar surface area (TPSA) is 15.3 Å². The van der Waals surface area contributed by atoms with Crippen LogP contribution in [0, 0.1) is 5.82 Å². The van der Waals surface area contributed by atoms with Crippen molar-refractivity contribution < 1.29 is 4.39 Å². The minimum Gasteiger partial charge on any atom is -0.381 e. The standard InChI is InChI=1S/C17H18ClFN2/c18-16-7-6-14(10-17(16)19)20-15-8-9-21(12-15)11-13-4-2-1-3-5-13/h1-7,10,15,20H,8-9,11-12H2. The molecule has 110 valence electrons. The second-order valence-corrected chi connectivity index (χ2v) is 5.89. The van der Waals surface area contributed by atoms with Crippen molar-refractivity contribution in [3.63, 3.8) is 0 Å². The van der Waals surface area contributed by atoms with E-state index in [4.69, 9.17) is 11.6 Å². The summed E-state index contributed by atoms with van der Waals surface area (Å²) >= 11 is 5.70. The first-order valence-electron chi connectivity index (χ1n) is 7.18. The predicted octanol–water partition coefficient (Wildman–Crippen LogP) is 4.17. The average molecular weight is 305 g/mol. The number of benzene rings is 2. The lowest BCUT2D eigenvalue weighted by Gasteiger charge is -2.17. The molecule has 2 aromatic carbocycles. The molecule has 1 aliphatic heterocycles. The molecule has 0 radical (unpaired) electrons. The Morgan fingerprint density at radius 3 is 2.76 bits per heavy atom. The highest BCUT2D eigenvalue weighted by molar-refractivity contribution is 6.30. The van der Waals surface area contributed by atoms with Crippen LogP contribution in [0.3, 0.4) is 0 Å². The Morgan fingerprint density at radius 1 is 1.19 bits per heavy atom. The molecule has 1 heterocycles. The maximum Gasteiger partial charge on any atom is 0.143 e. The Labute approximate surface area is 129 Å². The molecule has 0 spiro atoms. The maximum absolute atomic E-state index is 13.4. The summed E-state index contributed by atoms with van der Waals surface area (Å²) in [4.78, 5) is 2.42. The van der Waals surface area contributed by atoms with Crippen molar-refractivity contribution in [2.45, 2.75) is 19.0 Å². The lowest BCUT2D eigenvalue weighted by Crippen LogP contribution is -2.25. The van der Waals surface area contributed by atoms with Gasteiger partial charge >= 0.3 is 0 Å². The van der Waals surface area contributed by atoms with Gasteiger partial charge in [0.05, 0.1) is 5.02 Å². The van der Waals surface area contributed by atoms with Crippen LogP contribution < -0.4 is 5.32 Å². The summed E-state index contributed by atoms with van der Waals surface area (Å²) < 4.78 is 13.4. The van der Waals surface area contributed by atoms with E-state index in [1.165, 1.54) is 11.6 Å². The van der Waals surface area contributed by atoms with Gasteiger partial charge in [0.2, 0.25) is 0 Å². The number of likely N-dealkylation sites (tertiary alicyclic amines) is 1. The molecule has 3 rings (SSSR count). The van der Waals surface area contributed by atoms with E-state index < -0.39 is 0 Å². The Hall–Kier alpha value is -1.58. The van der Waals surface area contributed by atoms with Crippen LogP contribution in [0.15, 0.2) is 48.5 Å². The summed E-state index contributed by atoms with van der Waals surface area (Å²) in [7, 11) is 0. The third-order valence-corrected chi connectivity index (χ3v) is 4.12. The number of nitrogens with zero attached hydrogens (tertiary/aromatic N) is 1. The van der Waals surface area contributed by atoms with Crippen molar-refractivity contribution in [1.29, 1.82) is 0 Å². The number of hydrogen-bond donors (Lipinski definition) is 1. The van der Waals surface area contributed by atoms with E-state index >= 15 is 0 Å². The SMILES string of the molecule is Fc1cc(NC2CCN(Cc3ccccc3)C2)ccc1Cl. The summed E-state index contributed by atoms with van der Waals surface area (Å²) in [6.07, 6.45) is 1.07. The van der Waals surface area contributed by atoms with E-state index in [1.807, 2.05) is 12.1 Å². The van der Waals surface area contributed by atoms with Crippen LogP contribution in [0.2, 0.25) is 5.02 Å². The fraction of sp³-hybridized carbons (Fsp3) is 0.294. The number of nitrogens with one attached hydrogen (secondary N) is 1. The van der Waals surface area contributed by atoms with Crippen LogP contribution in [0.1, 0.15) is 12.0 Å². The molecule has 0 aromatic heterocycles. The van der Waals surface area contributed by atoms with E-state index in [-0.39, 0.29) is 10.8 Å². The fourth-order valence-corrected chi connectivity index (χ4v) is 2.87. The number of rotatable bonds is 4. The molecule has 4 heteroatoms. The Kier molecular flexibility index (Phi) is 4.42. The molecule has 1 unspecified atom stereocenters. The van der Waals surface area contributed by atoms with Gasteiger partial charge in [-0.1, -0.05) is 41.9 Å². The normalized spacial score (nSPS) is 18.9. The molecule has 2 aromatic rings. The Balaban J connectivity index is 1.56. The largest absolute Gasteiger partial charge is 0.381 e. The minimum absolute atomic E-state index is 0.165.